The lowest BCUT2D eigenvalue weighted by Gasteiger charge is -2.27. The summed E-state index contributed by atoms with van der Waals surface area (Å²) in [6, 6.07) is 5.05. The van der Waals surface area contributed by atoms with Crippen LogP contribution in [0.4, 0.5) is 0 Å². The number of amides is 2. The number of hydrogen-bond acceptors (Lipinski definition) is 6. The van der Waals surface area contributed by atoms with E-state index in [2.05, 4.69) is 15.7 Å². The molecule has 4 aliphatic rings. The van der Waals surface area contributed by atoms with Gasteiger partial charge < -0.3 is 15.7 Å². The maximum Gasteiger partial charge on any atom is 0.319 e. The van der Waals surface area contributed by atoms with E-state index in [1.54, 1.807) is 27.5 Å². The van der Waals surface area contributed by atoms with E-state index in [1.807, 2.05) is 19.2 Å². The van der Waals surface area contributed by atoms with Gasteiger partial charge in [0.05, 0.1) is 23.6 Å². The summed E-state index contributed by atoms with van der Waals surface area (Å²) in [4.78, 5) is 43.4. The molecule has 3 saturated carbocycles. The number of hydrogen-bond donors (Lipinski definition) is 3. The van der Waals surface area contributed by atoms with Gasteiger partial charge in [-0.3, -0.25) is 19.1 Å². The Morgan fingerprint density at radius 3 is 2.54 bits per heavy atom. The minimum atomic E-state index is -1.51. The Morgan fingerprint density at radius 1 is 1.18 bits per heavy atom. The average Bonchev–Trinajstić information content (AvgIpc) is 3.87. The smallest absolute Gasteiger partial charge is 0.319 e. The number of aryl methyl sites for hydroxylation is 1. The van der Waals surface area contributed by atoms with Gasteiger partial charge in [0, 0.05) is 24.7 Å². The van der Waals surface area contributed by atoms with Crippen LogP contribution in [0.1, 0.15) is 79.8 Å². The van der Waals surface area contributed by atoms with Crippen LogP contribution in [0.2, 0.25) is 0 Å². The summed E-state index contributed by atoms with van der Waals surface area (Å²) in [5.41, 5.74) is 0.552. The predicted octanol–water partition coefficient (Wildman–Crippen LogP) is 2.52. The third-order valence-corrected chi connectivity index (χ3v) is 9.16. The lowest BCUT2D eigenvalue weighted by Crippen LogP contribution is -2.41. The second-order valence-corrected chi connectivity index (χ2v) is 12.0. The average molecular weight is 532 g/mol. The zero-order valence-corrected chi connectivity index (χ0v) is 22.0. The quantitative estimate of drug-likeness (QED) is 0.341. The van der Waals surface area contributed by atoms with Crippen LogP contribution < -0.4 is 10.6 Å². The summed E-state index contributed by atoms with van der Waals surface area (Å²) in [7, 11) is 0. The van der Waals surface area contributed by atoms with E-state index in [1.165, 1.54) is 0 Å². The first-order valence-electron chi connectivity index (χ1n) is 14.0. The van der Waals surface area contributed by atoms with Gasteiger partial charge in [0.15, 0.2) is 11.1 Å². The molecule has 4 heterocycles. The van der Waals surface area contributed by atoms with Gasteiger partial charge in [0.25, 0.3) is 5.91 Å². The van der Waals surface area contributed by atoms with Gasteiger partial charge >= 0.3 is 5.97 Å². The molecule has 3 aromatic rings. The molecule has 2 atom stereocenters. The number of rotatable bonds is 10. The summed E-state index contributed by atoms with van der Waals surface area (Å²) >= 11 is 0. The highest BCUT2D eigenvalue weighted by atomic mass is 16.4. The van der Waals surface area contributed by atoms with E-state index in [9.17, 15) is 19.5 Å². The minimum Gasteiger partial charge on any atom is -0.480 e. The van der Waals surface area contributed by atoms with E-state index in [-0.39, 0.29) is 30.3 Å². The van der Waals surface area contributed by atoms with Crippen molar-refractivity contribution in [2.45, 2.75) is 76.4 Å². The standard InChI is InChI=1S/C28H33N7O4/c1-2-34-20(9-12-29-34)24(36)31-23(22(16-3-4-16)17-5-6-17)19-14-35-21(30-19)8-7-18(33-35)13-28(26(38)39)15-27(10-11-27)32-25(28)37/h7-9,12,14,16-17,22-23H,2-6,10-11,13,15H2,1H3,(H,31,36)(H,32,37)(H,38,39). The van der Waals surface area contributed by atoms with E-state index < -0.39 is 17.3 Å². The van der Waals surface area contributed by atoms with Gasteiger partial charge in [-0.1, -0.05) is 0 Å². The summed E-state index contributed by atoms with van der Waals surface area (Å²) in [6.07, 6.45) is 10.1. The highest BCUT2D eigenvalue weighted by Gasteiger charge is 2.63. The molecule has 11 nitrogen and oxygen atoms in total. The van der Waals surface area contributed by atoms with Gasteiger partial charge in [-0.15, -0.1) is 0 Å². The first-order valence-corrected chi connectivity index (χ1v) is 14.0. The van der Waals surface area contributed by atoms with Crippen molar-refractivity contribution >= 4 is 23.4 Å². The molecule has 0 bridgehead atoms. The molecule has 1 aliphatic heterocycles. The zero-order valence-electron chi connectivity index (χ0n) is 22.0. The number of nitrogens with zero attached hydrogens (tertiary/aromatic N) is 5. The molecule has 3 aliphatic carbocycles. The first-order chi connectivity index (χ1) is 18.8. The molecule has 11 heteroatoms. The SMILES string of the molecule is CCn1nccc1C(=O)NC(c1cn2nc(CC3(C(=O)O)CC4(CC4)NC3=O)ccc2n1)C(C1CC1)C1CC1. The molecular formula is C28H33N7O4. The fourth-order valence-corrected chi connectivity index (χ4v) is 6.65. The van der Waals surface area contributed by atoms with Crippen LogP contribution >= 0.6 is 0 Å². The molecular weight excluding hydrogens is 498 g/mol. The maximum atomic E-state index is 13.4. The maximum absolute atomic E-state index is 13.4. The molecule has 1 spiro atoms. The van der Waals surface area contributed by atoms with Crippen LogP contribution in [-0.4, -0.2) is 52.8 Å². The Balaban J connectivity index is 1.20. The molecule has 4 fully saturated rings. The largest absolute Gasteiger partial charge is 0.480 e. The molecule has 204 valence electrons. The van der Waals surface area contributed by atoms with E-state index >= 15 is 0 Å². The van der Waals surface area contributed by atoms with Crippen LogP contribution in [0.3, 0.4) is 0 Å². The Kier molecular flexibility index (Phi) is 5.37. The number of aliphatic carboxylic acids is 1. The monoisotopic (exact) mass is 531 g/mol. The van der Waals surface area contributed by atoms with Crippen LogP contribution in [-0.2, 0) is 22.6 Å². The summed E-state index contributed by atoms with van der Waals surface area (Å²) in [5, 5.41) is 25.2. The number of nitrogens with one attached hydrogen (secondary N) is 2. The lowest BCUT2D eigenvalue weighted by molar-refractivity contribution is -0.153. The van der Waals surface area contributed by atoms with Crippen molar-refractivity contribution in [2.24, 2.45) is 23.2 Å². The lowest BCUT2D eigenvalue weighted by atomic mass is 9.79. The van der Waals surface area contributed by atoms with E-state index in [0.29, 0.717) is 41.3 Å². The molecule has 2 unspecified atom stereocenters. The van der Waals surface area contributed by atoms with Crippen LogP contribution in [0.5, 0.6) is 0 Å². The van der Waals surface area contributed by atoms with Crippen LogP contribution in [0.25, 0.3) is 5.65 Å². The molecule has 0 radical (unpaired) electrons. The third kappa shape index (κ3) is 4.18. The topological polar surface area (TPSA) is 144 Å². The predicted molar refractivity (Wildman–Crippen MR) is 139 cm³/mol. The van der Waals surface area contributed by atoms with Crippen molar-refractivity contribution in [3.63, 3.8) is 0 Å². The Hall–Kier alpha value is -3.76. The van der Waals surface area contributed by atoms with Crippen LogP contribution in [0.15, 0.2) is 30.6 Å². The number of carbonyl (C=O) groups excluding carboxylic acids is 2. The molecule has 7 rings (SSSR count). The molecule has 3 N–H and O–H groups in total. The van der Waals surface area contributed by atoms with Crippen molar-refractivity contribution in [1.82, 2.24) is 35.0 Å². The third-order valence-electron chi connectivity index (χ3n) is 9.16. The van der Waals surface area contributed by atoms with Gasteiger partial charge in [-0.05, 0) is 87.8 Å². The highest BCUT2D eigenvalue weighted by molar-refractivity contribution is 6.04. The van der Waals surface area contributed by atoms with E-state index in [4.69, 9.17) is 10.1 Å². The fraction of sp³-hybridized carbons (Fsp3) is 0.571. The van der Waals surface area contributed by atoms with Gasteiger partial charge in [0.2, 0.25) is 5.91 Å². The van der Waals surface area contributed by atoms with Crippen molar-refractivity contribution in [2.75, 3.05) is 0 Å². The van der Waals surface area contributed by atoms with Gasteiger partial charge in [-0.2, -0.15) is 10.2 Å². The molecule has 2 amide bonds. The van der Waals surface area contributed by atoms with Gasteiger partial charge in [-0.25, -0.2) is 9.50 Å². The Morgan fingerprint density at radius 2 is 1.92 bits per heavy atom. The summed E-state index contributed by atoms with van der Waals surface area (Å²) in [5.74, 6) is -0.254. The number of carboxylic acids is 1. The number of imidazole rings is 1. The number of fused-ring (bicyclic) bond motifs is 1. The molecule has 39 heavy (non-hydrogen) atoms. The Bertz CT molecular complexity index is 1470. The van der Waals surface area contributed by atoms with Crippen molar-refractivity contribution < 1.29 is 19.5 Å². The van der Waals surface area contributed by atoms with Crippen molar-refractivity contribution in [3.05, 3.63) is 47.7 Å². The summed E-state index contributed by atoms with van der Waals surface area (Å²) < 4.78 is 3.35. The number of carbonyl (C=O) groups is 3. The Labute approximate surface area is 225 Å². The normalized spacial score (nSPS) is 24.3. The second-order valence-electron chi connectivity index (χ2n) is 12.0. The number of carboxylic acid groups (broad SMARTS) is 1. The molecule has 1 saturated heterocycles. The second kappa shape index (κ2) is 8.62. The minimum absolute atomic E-state index is 0.0211. The molecule has 3 aromatic heterocycles. The number of aromatic nitrogens is 5. The van der Waals surface area contributed by atoms with Crippen LogP contribution in [0, 0.1) is 23.2 Å². The van der Waals surface area contributed by atoms with Crippen molar-refractivity contribution in [1.29, 1.82) is 0 Å². The van der Waals surface area contributed by atoms with Gasteiger partial charge in [0.1, 0.15) is 5.69 Å². The van der Waals surface area contributed by atoms with E-state index in [0.717, 1.165) is 44.2 Å². The zero-order chi connectivity index (χ0) is 26.9. The molecule has 0 aromatic carbocycles. The van der Waals surface area contributed by atoms with Crippen molar-refractivity contribution in [3.8, 4) is 0 Å². The summed E-state index contributed by atoms with van der Waals surface area (Å²) in [6.45, 7) is 2.56. The fourth-order valence-electron chi connectivity index (χ4n) is 6.65. The highest BCUT2D eigenvalue weighted by Crippen LogP contribution is 2.54. The first kappa shape index (κ1) is 24.3.